The van der Waals surface area contributed by atoms with Crippen molar-refractivity contribution in [1.29, 1.82) is 0 Å². The second kappa shape index (κ2) is 8.16. The lowest BCUT2D eigenvalue weighted by Gasteiger charge is -2.61. The molecule has 0 aromatic rings. The van der Waals surface area contributed by atoms with Crippen molar-refractivity contribution in [3.05, 3.63) is 0 Å². The Hall–Kier alpha value is -1.18. The van der Waals surface area contributed by atoms with Crippen molar-refractivity contribution in [3.63, 3.8) is 0 Å². The number of carbonyl (C=O) groups excluding carboxylic acids is 2. The van der Waals surface area contributed by atoms with Crippen LogP contribution in [0.3, 0.4) is 0 Å². The molecule has 8 rings (SSSR count). The van der Waals surface area contributed by atoms with Gasteiger partial charge in [0.15, 0.2) is 0 Å². The maximum absolute atomic E-state index is 14.2. The molecule has 36 heavy (non-hydrogen) atoms. The lowest BCUT2D eigenvalue weighted by molar-refractivity contribution is -0.289. The molecule has 0 aromatic heterocycles. The minimum Gasteiger partial charge on any atom is -0.463 e. The van der Waals surface area contributed by atoms with Crippen LogP contribution in [0.5, 0.6) is 0 Å². The first kappa shape index (κ1) is 23.9. The Balaban J connectivity index is 1.17. The lowest BCUT2D eigenvalue weighted by atomic mass is 9.48. The van der Waals surface area contributed by atoms with E-state index in [0.717, 1.165) is 38.5 Å². The summed E-state index contributed by atoms with van der Waals surface area (Å²) < 4.78 is 12.1. The molecule has 0 saturated heterocycles. The minimum atomic E-state index is -0.489. The zero-order valence-electron chi connectivity index (χ0n) is 21.6. The van der Waals surface area contributed by atoms with Crippen molar-refractivity contribution >= 4 is 11.9 Å². The standard InChI is InChI=1S/C29H42O7/c1-14-15(2)19-6-18(14)22-20-7-21(23(19)22)25(24(20)26(31)34-4-3-30)27(32)36-29-10-16-5-17(11-29)9-28(8-16,12-29)13-35-33/h14-25,30,33H,3-13H2,1-2H3. The van der Waals surface area contributed by atoms with Crippen LogP contribution in [0.4, 0.5) is 0 Å². The summed E-state index contributed by atoms with van der Waals surface area (Å²) >= 11 is 0. The predicted octanol–water partition coefficient (Wildman–Crippen LogP) is 3.93. The van der Waals surface area contributed by atoms with Crippen LogP contribution in [0.25, 0.3) is 0 Å². The van der Waals surface area contributed by atoms with Crippen LogP contribution >= 0.6 is 0 Å². The molecule has 12 atom stereocenters. The van der Waals surface area contributed by atoms with Gasteiger partial charge in [0.05, 0.1) is 25.0 Å². The first-order valence-electron chi connectivity index (χ1n) is 14.6. The van der Waals surface area contributed by atoms with Crippen LogP contribution in [0.2, 0.25) is 0 Å². The lowest BCUT2D eigenvalue weighted by Crippen LogP contribution is -2.59. The van der Waals surface area contributed by atoms with E-state index in [2.05, 4.69) is 18.7 Å². The number of hydrogen-bond donors (Lipinski definition) is 2. The summed E-state index contributed by atoms with van der Waals surface area (Å²) in [5.41, 5.74) is -0.592. The smallest absolute Gasteiger partial charge is 0.310 e. The van der Waals surface area contributed by atoms with E-state index in [0.29, 0.717) is 54.0 Å². The Bertz CT molecular complexity index is 919. The normalized spacial score (nSPS) is 55.2. The van der Waals surface area contributed by atoms with Crippen LogP contribution < -0.4 is 0 Å². The van der Waals surface area contributed by atoms with E-state index in [1.54, 1.807) is 0 Å². The molecule has 2 N–H and O–H groups in total. The highest BCUT2D eigenvalue weighted by Gasteiger charge is 2.72. The quantitative estimate of drug-likeness (QED) is 0.235. The highest BCUT2D eigenvalue weighted by atomic mass is 17.1. The fraction of sp³-hybridized carbons (Fsp3) is 0.931. The maximum atomic E-state index is 14.2. The van der Waals surface area contributed by atoms with Gasteiger partial charge < -0.3 is 14.6 Å². The SMILES string of the molecule is CC1C(C)C2CC1C1C3CC(C(C(=O)OC45CC6CC(CC(COO)(C6)C4)C5)C3C(=O)OCCO)C21. The average molecular weight is 503 g/mol. The molecule has 8 aliphatic carbocycles. The van der Waals surface area contributed by atoms with E-state index < -0.39 is 17.4 Å². The van der Waals surface area contributed by atoms with Gasteiger partial charge in [-0.05, 0) is 111 Å². The highest BCUT2D eigenvalue weighted by Crippen LogP contribution is 2.73. The number of esters is 2. The van der Waals surface area contributed by atoms with Gasteiger partial charge in [-0.3, -0.25) is 14.8 Å². The molecule has 12 unspecified atom stereocenters. The first-order valence-corrected chi connectivity index (χ1v) is 14.6. The molecule has 7 nitrogen and oxygen atoms in total. The number of fused-ring (bicyclic) bond motifs is 9. The number of aliphatic hydroxyl groups excluding tert-OH is 1. The molecule has 8 bridgehead atoms. The number of rotatable bonds is 7. The Labute approximate surface area is 213 Å². The molecule has 0 radical (unpaired) electrons. The third-order valence-corrected chi connectivity index (χ3v) is 12.7. The largest absolute Gasteiger partial charge is 0.463 e. The second-order valence-corrected chi connectivity index (χ2v) is 14.3. The van der Waals surface area contributed by atoms with Crippen LogP contribution in [-0.4, -0.2) is 47.7 Å². The molecular weight excluding hydrogens is 460 g/mol. The molecular formula is C29H42O7. The summed E-state index contributed by atoms with van der Waals surface area (Å²) in [6, 6.07) is 0. The Morgan fingerprint density at radius 1 is 0.833 bits per heavy atom. The molecule has 0 heterocycles. The summed E-state index contributed by atoms with van der Waals surface area (Å²) in [6.07, 6.45) is 7.97. The van der Waals surface area contributed by atoms with Crippen molar-refractivity contribution in [2.45, 2.75) is 70.8 Å². The van der Waals surface area contributed by atoms with E-state index in [9.17, 15) is 20.0 Å². The van der Waals surface area contributed by atoms with E-state index >= 15 is 0 Å². The van der Waals surface area contributed by atoms with Gasteiger partial charge in [-0.2, -0.15) is 0 Å². The molecule has 0 spiro atoms. The second-order valence-electron chi connectivity index (χ2n) is 14.3. The molecule has 200 valence electrons. The third kappa shape index (κ3) is 3.21. The maximum Gasteiger partial charge on any atom is 0.310 e. The van der Waals surface area contributed by atoms with Crippen LogP contribution in [-0.2, 0) is 24.0 Å². The van der Waals surface area contributed by atoms with Crippen molar-refractivity contribution < 1.29 is 34.3 Å². The van der Waals surface area contributed by atoms with Crippen LogP contribution in [0.15, 0.2) is 0 Å². The third-order valence-electron chi connectivity index (χ3n) is 12.7. The molecule has 8 aliphatic rings. The van der Waals surface area contributed by atoms with Crippen LogP contribution in [0, 0.1) is 76.4 Å². The molecule has 8 fully saturated rings. The topological polar surface area (TPSA) is 102 Å². The highest BCUT2D eigenvalue weighted by molar-refractivity contribution is 5.84. The molecule has 0 aliphatic heterocycles. The van der Waals surface area contributed by atoms with Gasteiger partial charge in [-0.15, -0.1) is 0 Å². The zero-order chi connectivity index (χ0) is 25.0. The molecule has 7 heteroatoms. The van der Waals surface area contributed by atoms with Gasteiger partial charge in [-0.25, -0.2) is 4.89 Å². The van der Waals surface area contributed by atoms with E-state index in [4.69, 9.17) is 9.47 Å². The number of carbonyl (C=O) groups is 2. The van der Waals surface area contributed by atoms with Gasteiger partial charge in [0.1, 0.15) is 12.2 Å². The van der Waals surface area contributed by atoms with E-state index in [1.165, 1.54) is 12.8 Å². The van der Waals surface area contributed by atoms with Crippen molar-refractivity contribution in [3.8, 4) is 0 Å². The number of ether oxygens (including phenoxy) is 2. The Morgan fingerprint density at radius 3 is 2.00 bits per heavy atom. The molecule has 0 aromatic carbocycles. The molecule has 8 saturated carbocycles. The van der Waals surface area contributed by atoms with Crippen LogP contribution in [0.1, 0.15) is 65.2 Å². The van der Waals surface area contributed by atoms with Gasteiger partial charge in [0, 0.05) is 5.41 Å². The van der Waals surface area contributed by atoms with Gasteiger partial charge >= 0.3 is 11.9 Å². The van der Waals surface area contributed by atoms with Gasteiger partial charge in [-0.1, -0.05) is 13.8 Å². The summed E-state index contributed by atoms with van der Waals surface area (Å²) in [4.78, 5) is 32.2. The average Bonchev–Trinajstić information content (AvgIpc) is 3.55. The van der Waals surface area contributed by atoms with Gasteiger partial charge in [0.2, 0.25) is 0 Å². The Kier molecular flexibility index (Phi) is 5.42. The Morgan fingerprint density at radius 2 is 1.42 bits per heavy atom. The summed E-state index contributed by atoms with van der Waals surface area (Å²) in [6.45, 7) is 4.86. The minimum absolute atomic E-state index is 0.0148. The zero-order valence-corrected chi connectivity index (χ0v) is 21.6. The van der Waals surface area contributed by atoms with E-state index in [1.807, 2.05) is 0 Å². The summed E-state index contributed by atoms with van der Waals surface area (Å²) in [5, 5.41) is 18.6. The van der Waals surface area contributed by atoms with Gasteiger partial charge in [0.25, 0.3) is 0 Å². The number of hydrogen-bond acceptors (Lipinski definition) is 7. The van der Waals surface area contributed by atoms with Crippen molar-refractivity contribution in [2.24, 2.45) is 76.4 Å². The predicted molar refractivity (Wildman–Crippen MR) is 128 cm³/mol. The fourth-order valence-electron chi connectivity index (χ4n) is 12.2. The summed E-state index contributed by atoms with van der Waals surface area (Å²) in [7, 11) is 0. The van der Waals surface area contributed by atoms with Crippen molar-refractivity contribution in [1.82, 2.24) is 0 Å². The van der Waals surface area contributed by atoms with Crippen molar-refractivity contribution in [2.75, 3.05) is 19.8 Å². The fourth-order valence-corrected chi connectivity index (χ4v) is 12.2. The molecule has 0 amide bonds. The van der Waals surface area contributed by atoms with E-state index in [-0.39, 0.29) is 42.4 Å². The number of aliphatic hydroxyl groups is 1. The monoisotopic (exact) mass is 502 g/mol. The summed E-state index contributed by atoms with van der Waals surface area (Å²) in [5.74, 6) is 3.75. The first-order chi connectivity index (χ1) is 17.3.